The van der Waals surface area contributed by atoms with Crippen molar-refractivity contribution in [2.24, 2.45) is 5.41 Å². The van der Waals surface area contributed by atoms with Crippen LogP contribution in [0.15, 0.2) is 60.7 Å². The van der Waals surface area contributed by atoms with Gasteiger partial charge in [0.05, 0.1) is 45.4 Å². The Morgan fingerprint density at radius 2 is 1.13 bits per heavy atom. The second-order valence-corrected chi connectivity index (χ2v) is 15.8. The normalized spacial score (nSPS) is 16.6. The Morgan fingerprint density at radius 1 is 0.722 bits per heavy atom. The van der Waals surface area contributed by atoms with Gasteiger partial charge in [0.15, 0.2) is 0 Å². The van der Waals surface area contributed by atoms with Crippen LogP contribution in [0.1, 0.15) is 50.7 Å². The highest BCUT2D eigenvalue weighted by Crippen LogP contribution is 2.51. The molecule has 0 spiro atoms. The summed E-state index contributed by atoms with van der Waals surface area (Å²) in [4.78, 5) is 72.6. The van der Waals surface area contributed by atoms with Gasteiger partial charge in [-0.05, 0) is 42.2 Å². The molecule has 0 aromatic heterocycles. The van der Waals surface area contributed by atoms with Crippen molar-refractivity contribution < 1.29 is 68.0 Å². The second kappa shape index (κ2) is 19.9. The number of phosphoric ester groups is 1. The zero-order chi connectivity index (χ0) is 40.1. The van der Waals surface area contributed by atoms with Crippen LogP contribution >= 0.6 is 7.82 Å². The van der Waals surface area contributed by atoms with Gasteiger partial charge in [-0.3, -0.25) is 47.7 Å². The monoisotopic (exact) mass is 779 g/mol. The SMILES string of the molecule is CC(C)(CN(CC(=O)O)CC(=O)O)CN(CC(=O)O)CC(COP(=O)(O)OC1CCC(c2ccccc2)(c2ccccc2)CC1)N(CC(=O)O)CC(=O)O. The van der Waals surface area contributed by atoms with E-state index in [1.54, 1.807) is 13.8 Å². The number of hydrogen-bond donors (Lipinski definition) is 6. The van der Waals surface area contributed by atoms with Crippen LogP contribution in [0.5, 0.6) is 0 Å². The molecule has 1 fully saturated rings. The molecule has 54 heavy (non-hydrogen) atoms. The van der Waals surface area contributed by atoms with E-state index in [0.717, 1.165) is 20.9 Å². The Balaban J connectivity index is 1.80. The molecule has 1 aliphatic carbocycles. The first-order valence-electron chi connectivity index (χ1n) is 17.3. The summed E-state index contributed by atoms with van der Waals surface area (Å²) in [5.74, 6) is -6.71. The van der Waals surface area contributed by atoms with E-state index in [-0.39, 0.29) is 25.0 Å². The number of carboxylic acid groups (broad SMARTS) is 5. The van der Waals surface area contributed by atoms with Crippen LogP contribution in [0.2, 0.25) is 0 Å². The molecule has 1 aliphatic rings. The molecule has 0 bridgehead atoms. The molecule has 0 radical (unpaired) electrons. The van der Waals surface area contributed by atoms with Crippen LogP contribution in [0.3, 0.4) is 0 Å². The van der Waals surface area contributed by atoms with Crippen LogP contribution in [0.4, 0.5) is 0 Å². The molecule has 2 unspecified atom stereocenters. The highest BCUT2D eigenvalue weighted by atomic mass is 31.2. The number of nitrogens with zero attached hydrogens (tertiary/aromatic N) is 3. The molecule has 2 atom stereocenters. The number of rotatable bonds is 24. The first-order valence-corrected chi connectivity index (χ1v) is 18.8. The van der Waals surface area contributed by atoms with Crippen LogP contribution in [-0.4, -0.2) is 146 Å². The van der Waals surface area contributed by atoms with E-state index in [1.807, 2.05) is 60.7 Å². The van der Waals surface area contributed by atoms with Crippen LogP contribution in [0.25, 0.3) is 0 Å². The van der Waals surface area contributed by atoms with Crippen molar-refractivity contribution >= 4 is 37.7 Å². The first-order chi connectivity index (χ1) is 25.3. The van der Waals surface area contributed by atoms with Gasteiger partial charge in [0.1, 0.15) is 0 Å². The molecule has 298 valence electrons. The third kappa shape index (κ3) is 14.5. The molecular weight excluding hydrogens is 729 g/mol. The minimum Gasteiger partial charge on any atom is -0.480 e. The molecule has 1 saturated carbocycles. The molecule has 6 N–H and O–H groups in total. The van der Waals surface area contributed by atoms with Gasteiger partial charge in [0.2, 0.25) is 0 Å². The zero-order valence-corrected chi connectivity index (χ0v) is 31.3. The third-order valence-electron chi connectivity index (χ3n) is 9.19. The topological polar surface area (TPSA) is 252 Å². The molecule has 2 aromatic rings. The van der Waals surface area contributed by atoms with Crippen molar-refractivity contribution in [3.8, 4) is 0 Å². The van der Waals surface area contributed by atoms with Crippen molar-refractivity contribution in [2.75, 3.05) is 59.0 Å². The maximum absolute atomic E-state index is 13.4. The van der Waals surface area contributed by atoms with E-state index in [1.165, 1.54) is 4.90 Å². The third-order valence-corrected chi connectivity index (χ3v) is 10.2. The summed E-state index contributed by atoms with van der Waals surface area (Å²) in [6, 6.07) is 18.6. The highest BCUT2D eigenvalue weighted by molar-refractivity contribution is 7.47. The van der Waals surface area contributed by atoms with Crippen molar-refractivity contribution in [3.05, 3.63) is 71.8 Å². The van der Waals surface area contributed by atoms with Gasteiger partial charge in [-0.1, -0.05) is 74.5 Å². The fourth-order valence-electron chi connectivity index (χ4n) is 7.27. The van der Waals surface area contributed by atoms with Crippen LogP contribution in [0, 0.1) is 5.41 Å². The van der Waals surface area contributed by atoms with Crippen LogP contribution < -0.4 is 0 Å². The summed E-state index contributed by atoms with van der Waals surface area (Å²) < 4.78 is 24.4. The quantitative estimate of drug-likeness (QED) is 0.0838. The highest BCUT2D eigenvalue weighted by Gasteiger charge is 2.41. The number of aliphatic carboxylic acids is 5. The average Bonchev–Trinajstić information content (AvgIpc) is 3.05. The predicted molar refractivity (Wildman–Crippen MR) is 193 cm³/mol. The zero-order valence-electron chi connectivity index (χ0n) is 30.4. The standard InChI is InChI=1S/C36H50N3O14P/c1-35(2,25-38(19-31(42)43)20-32(44)45)24-37(18-30(40)41)17-28(39(21-33(46)47)22-34(48)49)23-52-54(50,51)53-29-13-15-36(16-14-29,26-9-5-3-6-10-26)27-11-7-4-8-12-27/h3-12,28-29H,13-25H2,1-2H3,(H,40,41)(H,42,43)(H,44,45)(H,46,47)(H,48,49)(H,50,51). The summed E-state index contributed by atoms with van der Waals surface area (Å²) in [6.45, 7) is -1.56. The molecule has 18 heteroatoms. The fourth-order valence-corrected chi connectivity index (χ4v) is 8.28. The summed E-state index contributed by atoms with van der Waals surface area (Å²) in [6.07, 6.45) is 1.30. The van der Waals surface area contributed by atoms with E-state index in [9.17, 15) is 59.0 Å². The maximum atomic E-state index is 13.4. The van der Waals surface area contributed by atoms with E-state index in [2.05, 4.69) is 0 Å². The van der Waals surface area contributed by atoms with Gasteiger partial charge in [-0.25, -0.2) is 4.57 Å². The molecule has 3 rings (SSSR count). The lowest BCUT2D eigenvalue weighted by Gasteiger charge is -2.41. The van der Waals surface area contributed by atoms with Gasteiger partial charge < -0.3 is 30.4 Å². The van der Waals surface area contributed by atoms with Crippen molar-refractivity contribution in [1.29, 1.82) is 0 Å². The number of benzene rings is 2. The Bertz CT molecular complexity index is 1550. The minimum atomic E-state index is -4.84. The molecule has 0 saturated heterocycles. The summed E-state index contributed by atoms with van der Waals surface area (Å²) in [5, 5.41) is 47.5. The molecule has 0 heterocycles. The molecule has 0 aliphatic heterocycles. The van der Waals surface area contributed by atoms with E-state index in [4.69, 9.17) is 9.05 Å². The number of hydrogen-bond acceptors (Lipinski definition) is 11. The van der Waals surface area contributed by atoms with Gasteiger partial charge in [0, 0.05) is 31.1 Å². The number of carboxylic acids is 5. The second-order valence-electron chi connectivity index (χ2n) is 14.4. The summed E-state index contributed by atoms with van der Waals surface area (Å²) in [5.41, 5.74) is 0.884. The summed E-state index contributed by atoms with van der Waals surface area (Å²) >= 11 is 0. The number of phosphoric acid groups is 1. The number of carbonyl (C=O) groups is 5. The van der Waals surface area contributed by atoms with Crippen LogP contribution in [-0.2, 0) is 43.0 Å². The average molecular weight is 780 g/mol. The smallest absolute Gasteiger partial charge is 0.472 e. The van der Waals surface area contributed by atoms with Gasteiger partial charge in [-0.2, -0.15) is 0 Å². The molecule has 0 amide bonds. The lowest BCUT2D eigenvalue weighted by atomic mass is 9.65. The lowest BCUT2D eigenvalue weighted by molar-refractivity contribution is -0.146. The molecular formula is C36H50N3O14P. The van der Waals surface area contributed by atoms with E-state index >= 15 is 0 Å². The fraction of sp³-hybridized carbons (Fsp3) is 0.528. The van der Waals surface area contributed by atoms with Gasteiger partial charge >= 0.3 is 37.7 Å². The van der Waals surface area contributed by atoms with Crippen molar-refractivity contribution in [2.45, 2.75) is 57.1 Å². The van der Waals surface area contributed by atoms with E-state index < -0.39 is 94.6 Å². The van der Waals surface area contributed by atoms with E-state index in [0.29, 0.717) is 25.7 Å². The Labute approximate surface area is 313 Å². The Hall–Kier alpha value is -4.22. The largest absolute Gasteiger partial charge is 0.480 e. The predicted octanol–water partition coefficient (Wildman–Crippen LogP) is 2.77. The van der Waals surface area contributed by atoms with Gasteiger partial charge in [0.25, 0.3) is 0 Å². The van der Waals surface area contributed by atoms with Gasteiger partial charge in [-0.15, -0.1) is 0 Å². The van der Waals surface area contributed by atoms with Crippen molar-refractivity contribution in [1.82, 2.24) is 14.7 Å². The Kier molecular flexibility index (Phi) is 16.3. The summed E-state index contributed by atoms with van der Waals surface area (Å²) in [7, 11) is -4.84. The molecule has 17 nitrogen and oxygen atoms in total. The lowest BCUT2D eigenvalue weighted by Crippen LogP contribution is -2.53. The maximum Gasteiger partial charge on any atom is 0.472 e. The Morgan fingerprint density at radius 3 is 1.56 bits per heavy atom. The molecule has 2 aromatic carbocycles. The first kappa shape index (κ1) is 44.2. The van der Waals surface area contributed by atoms with Crippen molar-refractivity contribution in [3.63, 3.8) is 0 Å². The minimum absolute atomic E-state index is 0.103.